The number of nitrogens with zero attached hydrogens (tertiary/aromatic N) is 1. The first-order valence-corrected chi connectivity index (χ1v) is 8.02. The normalized spacial score (nSPS) is 10.9. The maximum absolute atomic E-state index is 12.4. The molecule has 0 atom stereocenters. The van der Waals surface area contributed by atoms with Gasteiger partial charge in [0.05, 0.1) is 10.2 Å². The van der Waals surface area contributed by atoms with E-state index in [0.29, 0.717) is 10.7 Å². The fraction of sp³-hybridized carbons (Fsp3) is 0.222. The monoisotopic (exact) mass is 310 g/mol. The minimum absolute atomic E-state index is 0.113. The molecule has 0 radical (unpaired) electrons. The van der Waals surface area contributed by atoms with Gasteiger partial charge in [0.15, 0.2) is 5.13 Å². The van der Waals surface area contributed by atoms with Crippen LogP contribution in [0, 0.1) is 27.7 Å². The molecule has 1 amide bonds. The van der Waals surface area contributed by atoms with Crippen LogP contribution in [0.2, 0.25) is 0 Å². The lowest BCUT2D eigenvalue weighted by molar-refractivity contribution is 0.102. The summed E-state index contributed by atoms with van der Waals surface area (Å²) in [5.41, 5.74) is 6.25. The Morgan fingerprint density at radius 3 is 2.32 bits per heavy atom. The molecule has 3 nitrogen and oxygen atoms in total. The summed E-state index contributed by atoms with van der Waals surface area (Å²) < 4.78 is 1.13. The molecular weight excluding hydrogens is 292 g/mol. The third-order valence-electron chi connectivity index (χ3n) is 3.93. The van der Waals surface area contributed by atoms with E-state index >= 15 is 0 Å². The number of hydrogen-bond donors (Lipinski definition) is 1. The average molecular weight is 310 g/mol. The second-order valence-corrected chi connectivity index (χ2v) is 6.65. The summed E-state index contributed by atoms with van der Waals surface area (Å²) in [6, 6.07) is 9.88. The van der Waals surface area contributed by atoms with E-state index in [2.05, 4.69) is 29.4 Å². The standard InChI is InChI=1S/C18H18N2OS/c1-10-7-8-14(9-13(10)4)17(21)20-18-19-15-11(2)5-6-12(3)16(15)22-18/h5-9H,1-4H3,(H,19,20,21). The minimum atomic E-state index is -0.113. The van der Waals surface area contributed by atoms with Gasteiger partial charge in [0, 0.05) is 5.56 Å². The third-order valence-corrected chi connectivity index (χ3v) is 5.04. The Balaban J connectivity index is 1.92. The molecule has 0 bridgehead atoms. The van der Waals surface area contributed by atoms with E-state index in [1.165, 1.54) is 22.5 Å². The fourth-order valence-corrected chi connectivity index (χ4v) is 3.37. The lowest BCUT2D eigenvalue weighted by Gasteiger charge is -2.04. The van der Waals surface area contributed by atoms with Crippen molar-refractivity contribution < 1.29 is 4.79 Å². The summed E-state index contributed by atoms with van der Waals surface area (Å²) in [6.07, 6.45) is 0. The van der Waals surface area contributed by atoms with Gasteiger partial charge in [0.2, 0.25) is 0 Å². The van der Waals surface area contributed by atoms with E-state index in [0.717, 1.165) is 21.3 Å². The lowest BCUT2D eigenvalue weighted by Crippen LogP contribution is -2.11. The number of carbonyl (C=O) groups excluding carboxylic acids is 1. The van der Waals surface area contributed by atoms with Crippen LogP contribution in [0.5, 0.6) is 0 Å². The summed E-state index contributed by atoms with van der Waals surface area (Å²) >= 11 is 1.53. The number of rotatable bonds is 2. The van der Waals surface area contributed by atoms with Crippen LogP contribution in [0.25, 0.3) is 10.2 Å². The highest BCUT2D eigenvalue weighted by atomic mass is 32.1. The number of amides is 1. The molecule has 3 aromatic rings. The van der Waals surface area contributed by atoms with Crippen molar-refractivity contribution in [1.82, 2.24) is 4.98 Å². The van der Waals surface area contributed by atoms with E-state index in [4.69, 9.17) is 0 Å². The highest BCUT2D eigenvalue weighted by Gasteiger charge is 2.12. The maximum atomic E-state index is 12.4. The number of fused-ring (bicyclic) bond motifs is 1. The van der Waals surface area contributed by atoms with Crippen LogP contribution in [0.3, 0.4) is 0 Å². The van der Waals surface area contributed by atoms with Crippen LogP contribution >= 0.6 is 11.3 Å². The molecule has 3 rings (SSSR count). The van der Waals surface area contributed by atoms with Gasteiger partial charge in [-0.2, -0.15) is 0 Å². The topological polar surface area (TPSA) is 42.0 Å². The van der Waals surface area contributed by atoms with E-state index in [9.17, 15) is 4.79 Å². The van der Waals surface area contributed by atoms with Crippen LogP contribution in [0.4, 0.5) is 5.13 Å². The molecule has 2 aromatic carbocycles. The molecule has 0 aliphatic carbocycles. The van der Waals surface area contributed by atoms with E-state index < -0.39 is 0 Å². The summed E-state index contributed by atoms with van der Waals surface area (Å²) in [5, 5.41) is 3.57. The Morgan fingerprint density at radius 1 is 0.955 bits per heavy atom. The Hall–Kier alpha value is -2.20. The number of aryl methyl sites for hydroxylation is 4. The van der Waals surface area contributed by atoms with Gasteiger partial charge in [0.25, 0.3) is 5.91 Å². The largest absolute Gasteiger partial charge is 0.298 e. The van der Waals surface area contributed by atoms with Gasteiger partial charge >= 0.3 is 0 Å². The number of nitrogens with one attached hydrogen (secondary N) is 1. The number of hydrogen-bond acceptors (Lipinski definition) is 3. The van der Waals surface area contributed by atoms with E-state index in [-0.39, 0.29) is 5.91 Å². The zero-order chi connectivity index (χ0) is 15.9. The van der Waals surface area contributed by atoms with Crippen molar-refractivity contribution in [2.75, 3.05) is 5.32 Å². The fourth-order valence-electron chi connectivity index (χ4n) is 2.36. The van der Waals surface area contributed by atoms with E-state index in [1.807, 2.05) is 39.0 Å². The second-order valence-electron chi connectivity index (χ2n) is 5.65. The van der Waals surface area contributed by atoms with Gasteiger partial charge in [-0.15, -0.1) is 0 Å². The number of benzene rings is 2. The van der Waals surface area contributed by atoms with Crippen LogP contribution in [0.1, 0.15) is 32.6 Å². The molecule has 4 heteroatoms. The molecule has 0 fully saturated rings. The maximum Gasteiger partial charge on any atom is 0.257 e. The quantitative estimate of drug-likeness (QED) is 0.740. The second kappa shape index (κ2) is 5.54. The molecule has 0 aliphatic rings. The van der Waals surface area contributed by atoms with Crippen LogP contribution in [-0.4, -0.2) is 10.9 Å². The summed E-state index contributed by atoms with van der Waals surface area (Å²) in [5.74, 6) is -0.113. The Bertz CT molecular complexity index is 841. The van der Waals surface area contributed by atoms with Crippen molar-refractivity contribution in [3.05, 3.63) is 58.1 Å². The Labute approximate surface area is 134 Å². The average Bonchev–Trinajstić information content (AvgIpc) is 2.91. The molecule has 0 saturated carbocycles. The molecule has 0 aliphatic heterocycles. The number of thiazole rings is 1. The molecule has 1 N–H and O–H groups in total. The lowest BCUT2D eigenvalue weighted by atomic mass is 10.1. The first-order valence-electron chi connectivity index (χ1n) is 7.21. The summed E-state index contributed by atoms with van der Waals surface area (Å²) in [7, 11) is 0. The van der Waals surface area contributed by atoms with Gasteiger partial charge in [-0.05, 0) is 62.1 Å². The van der Waals surface area contributed by atoms with Gasteiger partial charge < -0.3 is 0 Å². The zero-order valence-electron chi connectivity index (χ0n) is 13.2. The molecular formula is C18H18N2OS. The molecule has 0 spiro atoms. The summed E-state index contributed by atoms with van der Waals surface area (Å²) in [4.78, 5) is 16.9. The van der Waals surface area contributed by atoms with Gasteiger partial charge in [-0.3, -0.25) is 10.1 Å². The molecule has 112 valence electrons. The zero-order valence-corrected chi connectivity index (χ0v) is 14.0. The predicted octanol–water partition coefficient (Wildman–Crippen LogP) is 4.78. The van der Waals surface area contributed by atoms with Crippen molar-refractivity contribution in [2.45, 2.75) is 27.7 Å². The molecule has 22 heavy (non-hydrogen) atoms. The predicted molar refractivity (Wildman–Crippen MR) is 93.0 cm³/mol. The van der Waals surface area contributed by atoms with Gasteiger partial charge in [0.1, 0.15) is 0 Å². The van der Waals surface area contributed by atoms with Crippen molar-refractivity contribution in [1.29, 1.82) is 0 Å². The third kappa shape index (κ3) is 2.62. The smallest absolute Gasteiger partial charge is 0.257 e. The van der Waals surface area contributed by atoms with E-state index in [1.54, 1.807) is 0 Å². The molecule has 0 saturated heterocycles. The van der Waals surface area contributed by atoms with Crippen LogP contribution in [-0.2, 0) is 0 Å². The first kappa shape index (κ1) is 14.7. The van der Waals surface area contributed by atoms with Crippen molar-refractivity contribution in [3.8, 4) is 0 Å². The highest BCUT2D eigenvalue weighted by molar-refractivity contribution is 7.22. The molecule has 1 aromatic heterocycles. The van der Waals surface area contributed by atoms with Crippen molar-refractivity contribution in [3.63, 3.8) is 0 Å². The minimum Gasteiger partial charge on any atom is -0.298 e. The SMILES string of the molecule is Cc1ccc(C(=O)Nc2nc3c(C)ccc(C)c3s2)cc1C. The Kier molecular flexibility index (Phi) is 3.71. The molecule has 1 heterocycles. The first-order chi connectivity index (χ1) is 10.5. The van der Waals surface area contributed by atoms with Gasteiger partial charge in [-0.25, -0.2) is 4.98 Å². The van der Waals surface area contributed by atoms with Crippen LogP contribution in [0.15, 0.2) is 30.3 Å². The molecule has 0 unspecified atom stereocenters. The van der Waals surface area contributed by atoms with Crippen molar-refractivity contribution >= 4 is 32.6 Å². The van der Waals surface area contributed by atoms with Gasteiger partial charge in [-0.1, -0.05) is 29.5 Å². The number of anilines is 1. The highest BCUT2D eigenvalue weighted by Crippen LogP contribution is 2.31. The Morgan fingerprint density at radius 2 is 1.64 bits per heavy atom. The number of aromatic nitrogens is 1. The summed E-state index contributed by atoms with van der Waals surface area (Å²) in [6.45, 7) is 8.15. The number of carbonyl (C=O) groups is 1. The van der Waals surface area contributed by atoms with Crippen molar-refractivity contribution in [2.24, 2.45) is 0 Å². The van der Waals surface area contributed by atoms with Crippen LogP contribution < -0.4 is 5.32 Å².